The van der Waals surface area contributed by atoms with E-state index in [0.717, 1.165) is 34.2 Å². The molecule has 0 amide bonds. The Labute approximate surface area is 148 Å². The highest BCUT2D eigenvalue weighted by Gasteiger charge is 2.31. The van der Waals surface area contributed by atoms with Gasteiger partial charge >= 0.3 is 6.36 Å². The predicted octanol–water partition coefficient (Wildman–Crippen LogP) is 4.41. The van der Waals surface area contributed by atoms with Gasteiger partial charge in [0, 0.05) is 23.6 Å². The van der Waals surface area contributed by atoms with Crippen molar-refractivity contribution < 1.29 is 22.6 Å². The number of aromatic amines is 1. The third-order valence-corrected chi connectivity index (χ3v) is 4.01. The van der Waals surface area contributed by atoms with E-state index in [9.17, 15) is 13.2 Å². The van der Waals surface area contributed by atoms with Crippen LogP contribution < -0.4 is 14.8 Å². The summed E-state index contributed by atoms with van der Waals surface area (Å²) >= 11 is 0. The third kappa shape index (κ3) is 4.70. The first-order chi connectivity index (χ1) is 12.4. The predicted molar refractivity (Wildman–Crippen MR) is 93.4 cm³/mol. The molecule has 7 heteroatoms. The molecule has 0 saturated heterocycles. The zero-order chi connectivity index (χ0) is 18.6. The van der Waals surface area contributed by atoms with Crippen molar-refractivity contribution >= 4 is 10.9 Å². The summed E-state index contributed by atoms with van der Waals surface area (Å²) in [4.78, 5) is 3.22. The summed E-state index contributed by atoms with van der Waals surface area (Å²) in [6.45, 7) is 1.15. The number of hydrogen-bond acceptors (Lipinski definition) is 3. The van der Waals surface area contributed by atoms with Crippen LogP contribution in [0.1, 0.15) is 11.1 Å². The fourth-order valence-corrected chi connectivity index (χ4v) is 2.80. The Morgan fingerprint density at radius 2 is 1.92 bits per heavy atom. The highest BCUT2D eigenvalue weighted by Crippen LogP contribution is 2.24. The molecule has 0 bridgehead atoms. The molecule has 0 fully saturated rings. The summed E-state index contributed by atoms with van der Waals surface area (Å²) in [5, 5.41) is 4.34. The number of aromatic nitrogens is 1. The molecule has 2 aromatic carbocycles. The lowest BCUT2D eigenvalue weighted by atomic mass is 10.1. The summed E-state index contributed by atoms with van der Waals surface area (Å²) in [6, 6.07) is 11.8. The molecule has 0 unspecified atom stereocenters. The van der Waals surface area contributed by atoms with Gasteiger partial charge in [0.05, 0.1) is 7.11 Å². The molecule has 0 atom stereocenters. The van der Waals surface area contributed by atoms with E-state index in [1.54, 1.807) is 19.2 Å². The van der Waals surface area contributed by atoms with Crippen LogP contribution in [0.4, 0.5) is 13.2 Å². The van der Waals surface area contributed by atoms with Crippen LogP contribution in [0.25, 0.3) is 10.9 Å². The Bertz CT molecular complexity index is 875. The van der Waals surface area contributed by atoms with Crippen LogP contribution in [0.15, 0.2) is 48.7 Å². The van der Waals surface area contributed by atoms with Crippen LogP contribution in [0.3, 0.4) is 0 Å². The number of alkyl halides is 3. The van der Waals surface area contributed by atoms with Crippen molar-refractivity contribution in [2.45, 2.75) is 19.3 Å². The van der Waals surface area contributed by atoms with E-state index in [2.05, 4.69) is 15.0 Å². The van der Waals surface area contributed by atoms with Crippen LogP contribution in [-0.2, 0) is 13.0 Å². The second kappa shape index (κ2) is 7.70. The van der Waals surface area contributed by atoms with Crippen molar-refractivity contribution in [2.75, 3.05) is 13.7 Å². The molecule has 1 aromatic heterocycles. The highest BCUT2D eigenvalue weighted by atomic mass is 19.4. The van der Waals surface area contributed by atoms with Gasteiger partial charge in [0.25, 0.3) is 0 Å². The maximum atomic E-state index is 12.3. The minimum absolute atomic E-state index is 0.208. The van der Waals surface area contributed by atoms with Crippen molar-refractivity contribution in [1.29, 1.82) is 0 Å². The van der Waals surface area contributed by atoms with Gasteiger partial charge in [-0.1, -0.05) is 12.1 Å². The standard InChI is InChI=1S/C19H19F3N2O2/c1-25-15-5-6-18-17(10-15)14(12-24-18)7-8-23-11-13-3-2-4-16(9-13)26-19(20,21)22/h2-6,9-10,12,23-24H,7-8,11H2,1H3. The van der Waals surface area contributed by atoms with E-state index >= 15 is 0 Å². The SMILES string of the molecule is COc1ccc2[nH]cc(CCNCc3cccc(OC(F)(F)F)c3)c2c1. The Hall–Kier alpha value is -2.67. The molecule has 3 rings (SSSR count). The van der Waals surface area contributed by atoms with E-state index in [1.807, 2.05) is 24.4 Å². The number of benzene rings is 2. The van der Waals surface area contributed by atoms with E-state index in [1.165, 1.54) is 12.1 Å². The summed E-state index contributed by atoms with van der Waals surface area (Å²) in [5.74, 6) is 0.591. The quantitative estimate of drug-likeness (QED) is 0.611. The van der Waals surface area contributed by atoms with Crippen molar-refractivity contribution in [2.24, 2.45) is 0 Å². The van der Waals surface area contributed by atoms with Crippen LogP contribution in [-0.4, -0.2) is 25.0 Å². The van der Waals surface area contributed by atoms with Gasteiger partial charge in [-0.3, -0.25) is 0 Å². The number of H-pyrrole nitrogens is 1. The lowest BCUT2D eigenvalue weighted by molar-refractivity contribution is -0.274. The molecule has 138 valence electrons. The molecule has 3 aromatic rings. The molecule has 0 aliphatic rings. The second-order valence-electron chi connectivity index (χ2n) is 5.85. The average Bonchev–Trinajstić information content (AvgIpc) is 3.00. The lowest BCUT2D eigenvalue weighted by Crippen LogP contribution is -2.18. The molecule has 0 aliphatic carbocycles. The maximum absolute atomic E-state index is 12.3. The van der Waals surface area contributed by atoms with Gasteiger partial charge in [0.1, 0.15) is 11.5 Å². The van der Waals surface area contributed by atoms with Crippen molar-refractivity contribution in [1.82, 2.24) is 10.3 Å². The van der Waals surface area contributed by atoms with Crippen LogP contribution in [0.5, 0.6) is 11.5 Å². The van der Waals surface area contributed by atoms with E-state index < -0.39 is 6.36 Å². The van der Waals surface area contributed by atoms with Crippen LogP contribution in [0, 0.1) is 0 Å². The van der Waals surface area contributed by atoms with Gasteiger partial charge in [-0.25, -0.2) is 0 Å². The zero-order valence-corrected chi connectivity index (χ0v) is 14.2. The second-order valence-corrected chi connectivity index (χ2v) is 5.85. The molecule has 26 heavy (non-hydrogen) atoms. The van der Waals surface area contributed by atoms with Crippen molar-refractivity contribution in [3.8, 4) is 11.5 Å². The Morgan fingerprint density at radius 1 is 1.08 bits per heavy atom. The maximum Gasteiger partial charge on any atom is 0.573 e. The van der Waals surface area contributed by atoms with E-state index in [-0.39, 0.29) is 5.75 Å². The normalized spacial score (nSPS) is 11.7. The Morgan fingerprint density at radius 3 is 2.69 bits per heavy atom. The first-order valence-electron chi connectivity index (χ1n) is 8.14. The van der Waals surface area contributed by atoms with Gasteiger partial charge in [-0.2, -0.15) is 0 Å². The van der Waals surface area contributed by atoms with Gasteiger partial charge in [0.15, 0.2) is 0 Å². The fraction of sp³-hybridized carbons (Fsp3) is 0.263. The van der Waals surface area contributed by atoms with E-state index in [4.69, 9.17) is 4.74 Å². The van der Waals surface area contributed by atoms with Gasteiger partial charge in [-0.15, -0.1) is 13.2 Å². The third-order valence-electron chi connectivity index (χ3n) is 4.01. The lowest BCUT2D eigenvalue weighted by Gasteiger charge is -2.10. The number of methoxy groups -OCH3 is 1. The largest absolute Gasteiger partial charge is 0.573 e. The topological polar surface area (TPSA) is 46.3 Å². The first-order valence-corrected chi connectivity index (χ1v) is 8.14. The van der Waals surface area contributed by atoms with Crippen molar-refractivity contribution in [3.05, 3.63) is 59.8 Å². The van der Waals surface area contributed by atoms with Crippen LogP contribution in [0.2, 0.25) is 0 Å². The number of fused-ring (bicyclic) bond motifs is 1. The zero-order valence-electron chi connectivity index (χ0n) is 14.2. The summed E-state index contributed by atoms with van der Waals surface area (Å²) in [5.41, 5.74) is 2.92. The molecule has 0 radical (unpaired) electrons. The first kappa shape index (κ1) is 18.1. The minimum Gasteiger partial charge on any atom is -0.497 e. The molecular formula is C19H19F3N2O2. The number of nitrogens with one attached hydrogen (secondary N) is 2. The number of halogens is 3. The highest BCUT2D eigenvalue weighted by molar-refractivity contribution is 5.84. The minimum atomic E-state index is -4.68. The average molecular weight is 364 g/mol. The Kier molecular flexibility index (Phi) is 5.37. The molecule has 0 spiro atoms. The molecule has 4 nitrogen and oxygen atoms in total. The smallest absolute Gasteiger partial charge is 0.497 e. The van der Waals surface area contributed by atoms with Gasteiger partial charge in [0.2, 0.25) is 0 Å². The van der Waals surface area contributed by atoms with Gasteiger partial charge < -0.3 is 19.8 Å². The Balaban J connectivity index is 1.55. The number of rotatable bonds is 7. The summed E-state index contributed by atoms with van der Waals surface area (Å²) < 4.78 is 46.0. The monoisotopic (exact) mass is 364 g/mol. The number of hydrogen-bond donors (Lipinski definition) is 2. The summed E-state index contributed by atoms with van der Waals surface area (Å²) in [6.07, 6.45) is -1.93. The fourth-order valence-electron chi connectivity index (χ4n) is 2.80. The molecule has 0 aliphatic heterocycles. The number of ether oxygens (including phenoxy) is 2. The molecule has 0 saturated carbocycles. The summed E-state index contributed by atoms with van der Waals surface area (Å²) in [7, 11) is 1.63. The van der Waals surface area contributed by atoms with Crippen LogP contribution >= 0.6 is 0 Å². The molecule has 2 N–H and O–H groups in total. The van der Waals surface area contributed by atoms with E-state index in [0.29, 0.717) is 13.1 Å². The van der Waals surface area contributed by atoms with Crippen molar-refractivity contribution in [3.63, 3.8) is 0 Å². The van der Waals surface area contributed by atoms with Gasteiger partial charge in [-0.05, 0) is 54.4 Å². The molecule has 1 heterocycles. The molecular weight excluding hydrogens is 345 g/mol.